The van der Waals surface area contributed by atoms with Gasteiger partial charge in [-0.15, -0.1) is 5.11 Å². The van der Waals surface area contributed by atoms with Gasteiger partial charge in [0.05, 0.1) is 5.69 Å². The number of ether oxygens (including phenoxy) is 1. The van der Waals surface area contributed by atoms with E-state index < -0.39 is 12.1 Å². The van der Waals surface area contributed by atoms with Crippen molar-refractivity contribution >= 4 is 23.8 Å². The summed E-state index contributed by atoms with van der Waals surface area (Å²) in [6.45, 7) is 3.51. The summed E-state index contributed by atoms with van der Waals surface area (Å²) in [6, 6.07) is 13.2. The van der Waals surface area contributed by atoms with E-state index in [1.165, 1.54) is 6.92 Å². The highest BCUT2D eigenvalue weighted by molar-refractivity contribution is 5.75. The zero-order chi connectivity index (χ0) is 19.1. The lowest BCUT2D eigenvalue weighted by atomic mass is 10.1. The van der Waals surface area contributed by atoms with Crippen LogP contribution in [0, 0.1) is 6.92 Å². The average Bonchev–Trinajstić information content (AvgIpc) is 2.60. The Labute approximate surface area is 153 Å². The van der Waals surface area contributed by atoms with E-state index in [4.69, 9.17) is 9.84 Å². The van der Waals surface area contributed by atoms with Crippen molar-refractivity contribution in [2.45, 2.75) is 20.0 Å². The minimum atomic E-state index is -0.998. The Kier molecular flexibility index (Phi) is 6.49. The quantitative estimate of drug-likeness (QED) is 0.449. The van der Waals surface area contributed by atoms with E-state index >= 15 is 0 Å². The van der Waals surface area contributed by atoms with Gasteiger partial charge in [-0.3, -0.25) is 5.01 Å². The first kappa shape index (κ1) is 19.2. The number of hydrogen-bond acceptors (Lipinski definition) is 4. The molecule has 136 valence electrons. The summed E-state index contributed by atoms with van der Waals surface area (Å²) in [4.78, 5) is 11.0. The lowest BCUT2D eigenvalue weighted by Crippen LogP contribution is -2.23. The Bertz CT molecular complexity index is 829. The molecule has 6 nitrogen and oxygen atoms in total. The largest absolute Gasteiger partial charge is 0.479 e. The van der Waals surface area contributed by atoms with Gasteiger partial charge in [-0.1, -0.05) is 41.6 Å². The van der Waals surface area contributed by atoms with Crippen molar-refractivity contribution < 1.29 is 14.6 Å². The maximum absolute atomic E-state index is 11.0. The first-order chi connectivity index (χ1) is 12.4. The molecule has 0 aliphatic carbocycles. The number of carboxylic acids is 1. The topological polar surface area (TPSA) is 74.5 Å². The number of para-hydroxylation sites is 1. The summed E-state index contributed by atoms with van der Waals surface area (Å²) in [7, 11) is 3.64. The molecule has 1 atom stereocenters. The predicted molar refractivity (Wildman–Crippen MR) is 102 cm³/mol. The van der Waals surface area contributed by atoms with Crippen molar-refractivity contribution in [2.75, 3.05) is 14.1 Å². The molecule has 26 heavy (non-hydrogen) atoms. The molecule has 0 saturated heterocycles. The number of benzene rings is 2. The molecular formula is C20H23N3O3. The Morgan fingerprint density at radius 2 is 1.85 bits per heavy atom. The lowest BCUT2D eigenvalue weighted by Gasteiger charge is -2.12. The molecule has 0 aliphatic rings. The summed E-state index contributed by atoms with van der Waals surface area (Å²) in [5.41, 5.74) is 3.70. The van der Waals surface area contributed by atoms with Crippen LogP contribution in [0.1, 0.15) is 23.6 Å². The highest BCUT2D eigenvalue weighted by atomic mass is 16.5. The molecule has 0 aliphatic heterocycles. The number of rotatable bonds is 7. The van der Waals surface area contributed by atoms with Crippen LogP contribution in [0.4, 0.5) is 5.69 Å². The normalized spacial score (nSPS) is 12.5. The maximum Gasteiger partial charge on any atom is 0.344 e. The molecule has 0 spiro atoms. The van der Waals surface area contributed by atoms with E-state index in [1.807, 2.05) is 69.6 Å². The highest BCUT2D eigenvalue weighted by Crippen LogP contribution is 2.24. The van der Waals surface area contributed by atoms with Crippen LogP contribution in [-0.2, 0) is 4.79 Å². The molecule has 2 rings (SSSR count). The standard InChI is InChI=1S/C20H23N3O3/c1-14-13-18(21-22-23(3)4)12-11-16(14)9-10-17-7-5-6-8-19(17)26-15(2)20(24)25/h5-13,15H,1-4H3,(H,24,25). The van der Waals surface area contributed by atoms with E-state index in [0.29, 0.717) is 5.75 Å². The van der Waals surface area contributed by atoms with Crippen molar-refractivity contribution in [3.05, 3.63) is 59.2 Å². The number of carbonyl (C=O) groups is 1. The zero-order valence-electron chi connectivity index (χ0n) is 15.4. The van der Waals surface area contributed by atoms with E-state index in [-0.39, 0.29) is 0 Å². The van der Waals surface area contributed by atoms with Crippen molar-refractivity contribution in [1.82, 2.24) is 5.01 Å². The van der Waals surface area contributed by atoms with Gasteiger partial charge in [-0.2, -0.15) is 0 Å². The Hall–Kier alpha value is -3.15. The average molecular weight is 353 g/mol. The third-order valence-electron chi connectivity index (χ3n) is 3.61. The van der Waals surface area contributed by atoms with Crippen LogP contribution >= 0.6 is 0 Å². The minimum Gasteiger partial charge on any atom is -0.479 e. The lowest BCUT2D eigenvalue weighted by molar-refractivity contribution is -0.144. The molecule has 0 saturated carbocycles. The van der Waals surface area contributed by atoms with Crippen LogP contribution in [0.2, 0.25) is 0 Å². The highest BCUT2D eigenvalue weighted by Gasteiger charge is 2.13. The van der Waals surface area contributed by atoms with Gasteiger partial charge in [-0.25, -0.2) is 4.79 Å². The van der Waals surface area contributed by atoms with E-state index in [1.54, 1.807) is 11.1 Å². The molecular weight excluding hydrogens is 330 g/mol. The van der Waals surface area contributed by atoms with Gasteiger partial charge in [0.25, 0.3) is 0 Å². The van der Waals surface area contributed by atoms with Crippen LogP contribution in [0.15, 0.2) is 52.8 Å². The van der Waals surface area contributed by atoms with Gasteiger partial charge in [0.15, 0.2) is 6.10 Å². The fraction of sp³-hybridized carbons (Fsp3) is 0.250. The minimum absolute atomic E-state index is 0.535. The van der Waals surface area contributed by atoms with Crippen molar-refractivity contribution in [3.63, 3.8) is 0 Å². The van der Waals surface area contributed by atoms with Crippen molar-refractivity contribution in [1.29, 1.82) is 0 Å². The second kappa shape index (κ2) is 8.80. The number of aryl methyl sites for hydroxylation is 1. The van der Waals surface area contributed by atoms with E-state index in [2.05, 4.69) is 10.3 Å². The molecule has 2 aromatic carbocycles. The number of hydrogen-bond donors (Lipinski definition) is 1. The zero-order valence-corrected chi connectivity index (χ0v) is 15.4. The van der Waals surface area contributed by atoms with Gasteiger partial charge in [0.1, 0.15) is 5.75 Å². The fourth-order valence-electron chi connectivity index (χ4n) is 2.20. The smallest absolute Gasteiger partial charge is 0.344 e. The molecule has 2 aromatic rings. The number of carboxylic acid groups (broad SMARTS) is 1. The maximum atomic E-state index is 11.0. The van der Waals surface area contributed by atoms with Crippen LogP contribution in [0.5, 0.6) is 5.75 Å². The van der Waals surface area contributed by atoms with Crippen molar-refractivity contribution in [3.8, 4) is 5.75 Å². The van der Waals surface area contributed by atoms with Crippen LogP contribution in [0.3, 0.4) is 0 Å². The van der Waals surface area contributed by atoms with Crippen LogP contribution in [0.25, 0.3) is 12.2 Å². The van der Waals surface area contributed by atoms with Crippen LogP contribution in [-0.4, -0.2) is 36.3 Å². The van der Waals surface area contributed by atoms with Crippen LogP contribution < -0.4 is 4.74 Å². The first-order valence-electron chi connectivity index (χ1n) is 8.23. The van der Waals surface area contributed by atoms with Gasteiger partial charge in [0.2, 0.25) is 0 Å². The molecule has 6 heteroatoms. The molecule has 0 aromatic heterocycles. The predicted octanol–water partition coefficient (Wildman–Crippen LogP) is 4.58. The molecule has 0 radical (unpaired) electrons. The van der Waals surface area contributed by atoms with Gasteiger partial charge < -0.3 is 9.84 Å². The van der Waals surface area contributed by atoms with Gasteiger partial charge >= 0.3 is 5.97 Å². The Morgan fingerprint density at radius 3 is 2.50 bits per heavy atom. The molecule has 1 unspecified atom stereocenters. The summed E-state index contributed by atoms with van der Waals surface area (Å²) < 4.78 is 5.52. The second-order valence-electron chi connectivity index (χ2n) is 6.05. The third kappa shape index (κ3) is 5.44. The number of nitrogens with zero attached hydrogens (tertiary/aromatic N) is 3. The third-order valence-corrected chi connectivity index (χ3v) is 3.61. The summed E-state index contributed by atoms with van der Waals surface area (Å²) >= 11 is 0. The van der Waals surface area contributed by atoms with E-state index in [0.717, 1.165) is 22.4 Å². The second-order valence-corrected chi connectivity index (χ2v) is 6.05. The molecule has 0 bridgehead atoms. The van der Waals surface area contributed by atoms with Crippen molar-refractivity contribution in [2.24, 2.45) is 10.3 Å². The summed E-state index contributed by atoms with van der Waals surface area (Å²) in [5.74, 6) is -0.463. The Morgan fingerprint density at radius 1 is 1.15 bits per heavy atom. The fourth-order valence-corrected chi connectivity index (χ4v) is 2.20. The molecule has 1 N–H and O–H groups in total. The van der Waals surface area contributed by atoms with Gasteiger partial charge in [-0.05, 0) is 43.2 Å². The molecule has 0 amide bonds. The summed E-state index contributed by atoms with van der Waals surface area (Å²) in [6.07, 6.45) is 2.97. The SMILES string of the molecule is Cc1cc(N=NN(C)C)ccc1C=Cc1ccccc1OC(C)C(=O)O. The Balaban J connectivity index is 2.21. The van der Waals surface area contributed by atoms with E-state index in [9.17, 15) is 4.79 Å². The monoisotopic (exact) mass is 353 g/mol. The molecule has 0 fully saturated rings. The number of aliphatic carboxylic acids is 1. The molecule has 0 heterocycles. The first-order valence-corrected chi connectivity index (χ1v) is 8.23. The summed E-state index contributed by atoms with van der Waals surface area (Å²) in [5, 5.41) is 18.8. The van der Waals surface area contributed by atoms with Gasteiger partial charge in [0, 0.05) is 19.7 Å².